The second kappa shape index (κ2) is 5.02. The quantitative estimate of drug-likeness (QED) is 0.877. The summed E-state index contributed by atoms with van der Waals surface area (Å²) in [6.45, 7) is 5.97. The third-order valence-electron chi connectivity index (χ3n) is 4.85. The van der Waals surface area contributed by atoms with Crippen molar-refractivity contribution in [3.8, 4) is 0 Å². The maximum atomic E-state index is 5.93. The van der Waals surface area contributed by atoms with Crippen LogP contribution in [-0.2, 0) is 0 Å². The number of anilines is 1. The van der Waals surface area contributed by atoms with Crippen LogP contribution in [0.1, 0.15) is 50.4 Å². The Morgan fingerprint density at radius 2 is 2.05 bits per heavy atom. The van der Waals surface area contributed by atoms with Crippen molar-refractivity contribution in [3.63, 3.8) is 0 Å². The summed E-state index contributed by atoms with van der Waals surface area (Å²) in [5.74, 6) is 1.95. The van der Waals surface area contributed by atoms with Gasteiger partial charge in [-0.2, -0.15) is 0 Å². The molecule has 1 unspecified atom stereocenters. The molecule has 2 N–H and O–H groups in total. The van der Waals surface area contributed by atoms with Gasteiger partial charge in [0.15, 0.2) is 0 Å². The molecule has 4 rings (SSSR count). The number of benzene rings is 1. The molecule has 1 aromatic heterocycles. The first-order chi connectivity index (χ1) is 10.2. The molecule has 2 aliphatic rings. The van der Waals surface area contributed by atoms with Gasteiger partial charge < -0.3 is 15.2 Å². The summed E-state index contributed by atoms with van der Waals surface area (Å²) in [5.41, 5.74) is 9.04. The van der Waals surface area contributed by atoms with Crippen LogP contribution in [-0.4, -0.2) is 34.1 Å². The maximum absolute atomic E-state index is 5.93. The number of likely N-dealkylation sites (tertiary alicyclic amines) is 1. The molecule has 1 aromatic carbocycles. The fraction of sp³-hybridized carbons (Fsp3) is 0.588. The Labute approximate surface area is 125 Å². The van der Waals surface area contributed by atoms with Crippen molar-refractivity contribution in [3.05, 3.63) is 24.0 Å². The van der Waals surface area contributed by atoms with Gasteiger partial charge in [0, 0.05) is 24.2 Å². The Kier molecular flexibility index (Phi) is 3.14. The van der Waals surface area contributed by atoms with E-state index in [9.17, 15) is 0 Å². The number of imidazole rings is 1. The van der Waals surface area contributed by atoms with E-state index < -0.39 is 0 Å². The van der Waals surface area contributed by atoms with Crippen molar-refractivity contribution < 1.29 is 0 Å². The highest BCUT2D eigenvalue weighted by molar-refractivity contribution is 5.80. The van der Waals surface area contributed by atoms with Crippen molar-refractivity contribution in [2.24, 2.45) is 0 Å². The SMILES string of the molecule is CC(CN1CCCC1)n1c(C2CC2)nc2cc(N)ccc21. The van der Waals surface area contributed by atoms with E-state index in [-0.39, 0.29) is 0 Å². The van der Waals surface area contributed by atoms with Gasteiger partial charge in [0.05, 0.1) is 11.0 Å². The molecular formula is C17H24N4. The number of nitrogens with zero attached hydrogens (tertiary/aromatic N) is 3. The Hall–Kier alpha value is -1.55. The highest BCUT2D eigenvalue weighted by Crippen LogP contribution is 2.42. The molecule has 0 bridgehead atoms. The number of hydrogen-bond acceptors (Lipinski definition) is 3. The summed E-state index contributed by atoms with van der Waals surface area (Å²) in [7, 11) is 0. The normalized spacial score (nSPS) is 21.2. The van der Waals surface area contributed by atoms with E-state index in [1.807, 2.05) is 12.1 Å². The van der Waals surface area contributed by atoms with Gasteiger partial charge >= 0.3 is 0 Å². The highest BCUT2D eigenvalue weighted by atomic mass is 15.2. The van der Waals surface area contributed by atoms with E-state index in [0.717, 1.165) is 17.7 Å². The Morgan fingerprint density at radius 1 is 1.29 bits per heavy atom. The first kappa shape index (κ1) is 13.1. The first-order valence-corrected chi connectivity index (χ1v) is 8.22. The molecule has 21 heavy (non-hydrogen) atoms. The third-order valence-corrected chi connectivity index (χ3v) is 4.85. The lowest BCUT2D eigenvalue weighted by atomic mass is 10.2. The van der Waals surface area contributed by atoms with Gasteiger partial charge in [-0.05, 0) is 63.9 Å². The zero-order valence-corrected chi connectivity index (χ0v) is 12.8. The summed E-state index contributed by atoms with van der Waals surface area (Å²) in [6.07, 6.45) is 5.28. The molecule has 1 aliphatic heterocycles. The van der Waals surface area contributed by atoms with Crippen LogP contribution >= 0.6 is 0 Å². The Morgan fingerprint density at radius 3 is 2.76 bits per heavy atom. The lowest BCUT2D eigenvalue weighted by Crippen LogP contribution is -2.27. The Bertz CT molecular complexity index is 650. The van der Waals surface area contributed by atoms with Crippen molar-refractivity contribution in [2.75, 3.05) is 25.4 Å². The standard InChI is InChI=1S/C17H24N4/c1-12(11-20-8-2-3-9-20)21-16-7-6-14(18)10-15(16)19-17(21)13-4-5-13/h6-7,10,12-13H,2-5,8-9,11,18H2,1H3. The van der Waals surface area contributed by atoms with Crippen LogP contribution in [0.3, 0.4) is 0 Å². The lowest BCUT2D eigenvalue weighted by Gasteiger charge is -2.23. The summed E-state index contributed by atoms with van der Waals surface area (Å²) in [6, 6.07) is 6.64. The molecule has 112 valence electrons. The highest BCUT2D eigenvalue weighted by Gasteiger charge is 2.31. The van der Waals surface area contributed by atoms with E-state index in [1.165, 1.54) is 50.1 Å². The van der Waals surface area contributed by atoms with Crippen LogP contribution in [0.4, 0.5) is 5.69 Å². The van der Waals surface area contributed by atoms with Gasteiger partial charge in [0.1, 0.15) is 5.82 Å². The molecule has 1 atom stereocenters. The molecule has 2 aromatic rings. The second-order valence-electron chi connectivity index (χ2n) is 6.72. The minimum Gasteiger partial charge on any atom is -0.399 e. The van der Waals surface area contributed by atoms with E-state index >= 15 is 0 Å². The van der Waals surface area contributed by atoms with Crippen LogP contribution in [0.15, 0.2) is 18.2 Å². The number of nitrogen functional groups attached to an aromatic ring is 1. The van der Waals surface area contributed by atoms with E-state index in [2.05, 4.69) is 22.5 Å². The summed E-state index contributed by atoms with van der Waals surface area (Å²) in [5, 5.41) is 0. The maximum Gasteiger partial charge on any atom is 0.113 e. The molecule has 2 heterocycles. The van der Waals surface area contributed by atoms with Crippen LogP contribution in [0, 0.1) is 0 Å². The third kappa shape index (κ3) is 2.42. The van der Waals surface area contributed by atoms with Crippen molar-refractivity contribution in [2.45, 2.75) is 44.6 Å². The van der Waals surface area contributed by atoms with Crippen LogP contribution < -0.4 is 5.73 Å². The van der Waals surface area contributed by atoms with Gasteiger partial charge in [0.2, 0.25) is 0 Å². The predicted octanol–water partition coefficient (Wildman–Crippen LogP) is 3.15. The average Bonchev–Trinajstić information content (AvgIpc) is 3.05. The van der Waals surface area contributed by atoms with Crippen LogP contribution in [0.2, 0.25) is 0 Å². The molecule has 4 nitrogen and oxygen atoms in total. The summed E-state index contributed by atoms with van der Waals surface area (Å²) >= 11 is 0. The largest absolute Gasteiger partial charge is 0.399 e. The molecule has 1 aliphatic carbocycles. The lowest BCUT2D eigenvalue weighted by molar-refractivity contribution is 0.287. The number of hydrogen-bond donors (Lipinski definition) is 1. The van der Waals surface area contributed by atoms with Crippen LogP contribution in [0.5, 0.6) is 0 Å². The number of aromatic nitrogens is 2. The smallest absolute Gasteiger partial charge is 0.113 e. The van der Waals surface area contributed by atoms with Gasteiger partial charge in [-0.3, -0.25) is 0 Å². The second-order valence-corrected chi connectivity index (χ2v) is 6.72. The molecule has 0 spiro atoms. The number of fused-ring (bicyclic) bond motifs is 1. The zero-order chi connectivity index (χ0) is 14.4. The minimum atomic E-state index is 0.479. The molecule has 2 fully saturated rings. The van der Waals surface area contributed by atoms with E-state index in [1.54, 1.807) is 0 Å². The zero-order valence-electron chi connectivity index (χ0n) is 12.8. The summed E-state index contributed by atoms with van der Waals surface area (Å²) < 4.78 is 2.48. The van der Waals surface area contributed by atoms with Gasteiger partial charge in [-0.1, -0.05) is 0 Å². The Balaban J connectivity index is 1.72. The fourth-order valence-corrected chi connectivity index (χ4v) is 3.65. The first-order valence-electron chi connectivity index (χ1n) is 8.22. The predicted molar refractivity (Wildman–Crippen MR) is 86.5 cm³/mol. The van der Waals surface area contributed by atoms with E-state index in [0.29, 0.717) is 12.0 Å². The average molecular weight is 284 g/mol. The van der Waals surface area contributed by atoms with E-state index in [4.69, 9.17) is 10.7 Å². The monoisotopic (exact) mass is 284 g/mol. The topological polar surface area (TPSA) is 47.1 Å². The molecule has 1 saturated carbocycles. The van der Waals surface area contributed by atoms with Gasteiger partial charge in [-0.25, -0.2) is 4.98 Å². The number of nitrogens with two attached hydrogens (primary N) is 1. The van der Waals surface area contributed by atoms with Gasteiger partial charge in [0.25, 0.3) is 0 Å². The minimum absolute atomic E-state index is 0.479. The molecule has 0 amide bonds. The number of rotatable bonds is 4. The fourth-order valence-electron chi connectivity index (χ4n) is 3.65. The van der Waals surface area contributed by atoms with Gasteiger partial charge in [-0.15, -0.1) is 0 Å². The van der Waals surface area contributed by atoms with Crippen LogP contribution in [0.25, 0.3) is 11.0 Å². The molecule has 1 saturated heterocycles. The van der Waals surface area contributed by atoms with Crippen molar-refractivity contribution in [1.29, 1.82) is 0 Å². The molecule has 0 radical (unpaired) electrons. The van der Waals surface area contributed by atoms with Crippen molar-refractivity contribution >= 4 is 16.7 Å². The summed E-state index contributed by atoms with van der Waals surface area (Å²) in [4.78, 5) is 7.48. The molecule has 4 heteroatoms. The molecular weight excluding hydrogens is 260 g/mol. The van der Waals surface area contributed by atoms with Crippen molar-refractivity contribution in [1.82, 2.24) is 14.5 Å².